The minimum Gasteiger partial charge on any atom is -0.494 e. The molecule has 0 amide bonds. The maximum atomic E-state index is 5.47. The molecule has 2 nitrogen and oxygen atoms in total. The summed E-state index contributed by atoms with van der Waals surface area (Å²) in [5.41, 5.74) is 5.10. The quantitative estimate of drug-likeness (QED) is 0.762. The monoisotopic (exact) mass is 332 g/mol. The molecule has 0 fully saturated rings. The van der Waals surface area contributed by atoms with E-state index in [0.29, 0.717) is 6.61 Å². The van der Waals surface area contributed by atoms with Crippen LogP contribution in [0.4, 0.5) is 0 Å². The number of rotatable bonds is 4. The highest BCUT2D eigenvalue weighted by atomic mass is 79.9. The van der Waals surface area contributed by atoms with Crippen molar-refractivity contribution in [2.24, 2.45) is 0 Å². The summed E-state index contributed by atoms with van der Waals surface area (Å²) < 4.78 is 10.9. The average Bonchev–Trinajstić information content (AvgIpc) is 2.95. The van der Waals surface area contributed by atoms with Crippen LogP contribution in [0.1, 0.15) is 34.0 Å². The fourth-order valence-electron chi connectivity index (χ4n) is 2.44. The van der Waals surface area contributed by atoms with Gasteiger partial charge in [0.05, 0.1) is 24.6 Å². The van der Waals surface area contributed by atoms with Crippen LogP contribution in [0.2, 0.25) is 0 Å². The van der Waals surface area contributed by atoms with Crippen molar-refractivity contribution < 1.29 is 9.47 Å². The summed E-state index contributed by atoms with van der Waals surface area (Å²) in [7, 11) is 0. The van der Waals surface area contributed by atoms with E-state index in [4.69, 9.17) is 9.47 Å². The Labute approximate surface area is 127 Å². The van der Waals surface area contributed by atoms with E-state index >= 15 is 0 Å². The molecule has 0 radical (unpaired) electrons. The molecule has 0 saturated heterocycles. The molecular weight excluding hydrogens is 316 g/mol. The minimum atomic E-state index is 0.198. The van der Waals surface area contributed by atoms with Crippen molar-refractivity contribution in [3.05, 3.63) is 64.7 Å². The average molecular weight is 333 g/mol. The van der Waals surface area contributed by atoms with E-state index in [0.717, 1.165) is 19.0 Å². The third kappa shape index (κ3) is 2.74. The Morgan fingerprint density at radius 1 is 1.05 bits per heavy atom. The van der Waals surface area contributed by atoms with Gasteiger partial charge in [-0.05, 0) is 41.3 Å². The third-order valence-corrected chi connectivity index (χ3v) is 4.58. The predicted octanol–water partition coefficient (Wildman–Crippen LogP) is 4.60. The largest absolute Gasteiger partial charge is 0.494 e. The van der Waals surface area contributed by atoms with Crippen LogP contribution in [0.15, 0.2) is 42.5 Å². The number of benzene rings is 2. The van der Waals surface area contributed by atoms with Crippen LogP contribution >= 0.6 is 15.9 Å². The number of hydrogen-bond donors (Lipinski definition) is 0. The van der Waals surface area contributed by atoms with Crippen molar-refractivity contribution in [2.75, 3.05) is 6.61 Å². The standard InChI is InChI=1S/C17H17BrO2/c1-2-20-16-7-5-12(6-8-16)17(18)13-3-4-14-10-19-11-15(14)9-13/h3-9,17H,2,10-11H2,1H3. The van der Waals surface area contributed by atoms with Gasteiger partial charge in [0.15, 0.2) is 0 Å². The third-order valence-electron chi connectivity index (χ3n) is 3.52. The highest BCUT2D eigenvalue weighted by Crippen LogP contribution is 2.34. The van der Waals surface area contributed by atoms with E-state index < -0.39 is 0 Å². The van der Waals surface area contributed by atoms with Gasteiger partial charge in [-0.25, -0.2) is 0 Å². The second-order valence-electron chi connectivity index (χ2n) is 4.89. The first-order valence-electron chi connectivity index (χ1n) is 6.84. The Balaban J connectivity index is 1.82. The lowest BCUT2D eigenvalue weighted by molar-refractivity contribution is 0.134. The van der Waals surface area contributed by atoms with E-state index in [1.165, 1.54) is 22.3 Å². The smallest absolute Gasteiger partial charge is 0.119 e. The molecule has 2 aromatic carbocycles. The van der Waals surface area contributed by atoms with Crippen LogP contribution < -0.4 is 4.74 Å². The summed E-state index contributed by atoms with van der Waals surface area (Å²) in [6.45, 7) is 4.16. The molecule has 0 aliphatic carbocycles. The zero-order valence-electron chi connectivity index (χ0n) is 11.4. The van der Waals surface area contributed by atoms with Crippen molar-refractivity contribution in [3.8, 4) is 5.75 Å². The molecule has 104 valence electrons. The Morgan fingerprint density at radius 3 is 2.50 bits per heavy atom. The van der Waals surface area contributed by atoms with Gasteiger partial charge in [0.2, 0.25) is 0 Å². The van der Waals surface area contributed by atoms with Crippen LogP contribution in [0.25, 0.3) is 0 Å². The molecule has 0 N–H and O–H groups in total. The summed E-state index contributed by atoms with van der Waals surface area (Å²) >= 11 is 3.78. The topological polar surface area (TPSA) is 18.5 Å². The molecule has 0 aromatic heterocycles. The van der Waals surface area contributed by atoms with Crippen molar-refractivity contribution in [3.63, 3.8) is 0 Å². The Hall–Kier alpha value is -1.32. The molecule has 1 unspecified atom stereocenters. The Kier molecular flexibility index (Phi) is 4.08. The van der Waals surface area contributed by atoms with Gasteiger partial charge in [-0.1, -0.05) is 46.3 Å². The second kappa shape index (κ2) is 5.98. The molecule has 0 bridgehead atoms. The lowest BCUT2D eigenvalue weighted by Crippen LogP contribution is -1.96. The summed E-state index contributed by atoms with van der Waals surface area (Å²) in [6, 6.07) is 14.8. The van der Waals surface area contributed by atoms with Crippen molar-refractivity contribution in [2.45, 2.75) is 25.0 Å². The number of halogens is 1. The van der Waals surface area contributed by atoms with Crippen molar-refractivity contribution >= 4 is 15.9 Å². The van der Waals surface area contributed by atoms with Gasteiger partial charge in [-0.3, -0.25) is 0 Å². The van der Waals surface area contributed by atoms with Crippen molar-refractivity contribution in [1.82, 2.24) is 0 Å². The number of hydrogen-bond acceptors (Lipinski definition) is 2. The lowest BCUT2D eigenvalue weighted by atomic mass is 10.0. The van der Waals surface area contributed by atoms with Crippen LogP contribution in [0.5, 0.6) is 5.75 Å². The Bertz CT molecular complexity index is 592. The molecule has 0 saturated carbocycles. The van der Waals surface area contributed by atoms with E-state index in [-0.39, 0.29) is 4.83 Å². The molecule has 1 atom stereocenters. The highest BCUT2D eigenvalue weighted by molar-refractivity contribution is 9.09. The van der Waals surface area contributed by atoms with Crippen molar-refractivity contribution in [1.29, 1.82) is 0 Å². The maximum absolute atomic E-state index is 5.47. The summed E-state index contributed by atoms with van der Waals surface area (Å²) in [6.07, 6.45) is 0. The van der Waals surface area contributed by atoms with E-state index in [1.807, 2.05) is 19.1 Å². The van der Waals surface area contributed by atoms with Gasteiger partial charge < -0.3 is 9.47 Å². The summed E-state index contributed by atoms with van der Waals surface area (Å²) in [5, 5.41) is 0. The number of alkyl halides is 1. The molecule has 1 heterocycles. The fraction of sp³-hybridized carbons (Fsp3) is 0.294. The predicted molar refractivity (Wildman–Crippen MR) is 83.3 cm³/mol. The first kappa shape index (κ1) is 13.7. The Morgan fingerprint density at radius 2 is 1.75 bits per heavy atom. The van der Waals surface area contributed by atoms with E-state index in [9.17, 15) is 0 Å². The van der Waals surface area contributed by atoms with Crippen LogP contribution in [0, 0.1) is 0 Å². The summed E-state index contributed by atoms with van der Waals surface area (Å²) in [5.74, 6) is 0.915. The van der Waals surface area contributed by atoms with Gasteiger partial charge in [-0.15, -0.1) is 0 Å². The molecule has 1 aliphatic heterocycles. The number of fused-ring (bicyclic) bond motifs is 1. The molecule has 3 rings (SSSR count). The maximum Gasteiger partial charge on any atom is 0.119 e. The van der Waals surface area contributed by atoms with E-state index in [2.05, 4.69) is 46.3 Å². The van der Waals surface area contributed by atoms with Gasteiger partial charge >= 0.3 is 0 Å². The SMILES string of the molecule is CCOc1ccc(C(Br)c2ccc3c(c2)COC3)cc1. The summed E-state index contributed by atoms with van der Waals surface area (Å²) in [4.78, 5) is 0.198. The molecular formula is C17H17BrO2. The van der Waals surface area contributed by atoms with Crippen LogP contribution in [-0.2, 0) is 18.0 Å². The molecule has 3 heteroatoms. The second-order valence-corrected chi connectivity index (χ2v) is 5.80. The zero-order chi connectivity index (χ0) is 13.9. The minimum absolute atomic E-state index is 0.198. The molecule has 2 aromatic rings. The molecule has 20 heavy (non-hydrogen) atoms. The van der Waals surface area contributed by atoms with E-state index in [1.54, 1.807) is 0 Å². The normalized spacial score (nSPS) is 14.9. The highest BCUT2D eigenvalue weighted by Gasteiger charge is 2.16. The first-order chi connectivity index (χ1) is 9.78. The lowest BCUT2D eigenvalue weighted by Gasteiger charge is -2.13. The molecule has 0 spiro atoms. The fourth-order valence-corrected chi connectivity index (χ4v) is 3.03. The molecule has 1 aliphatic rings. The number of ether oxygens (including phenoxy) is 2. The zero-order valence-corrected chi connectivity index (χ0v) is 13.0. The van der Waals surface area contributed by atoms with Crippen LogP contribution in [0.3, 0.4) is 0 Å². The van der Waals surface area contributed by atoms with Gasteiger partial charge in [0, 0.05) is 0 Å². The van der Waals surface area contributed by atoms with Crippen LogP contribution in [-0.4, -0.2) is 6.61 Å². The van der Waals surface area contributed by atoms with Gasteiger partial charge in [-0.2, -0.15) is 0 Å². The van der Waals surface area contributed by atoms with Gasteiger partial charge in [0.1, 0.15) is 5.75 Å². The van der Waals surface area contributed by atoms with Gasteiger partial charge in [0.25, 0.3) is 0 Å². The first-order valence-corrected chi connectivity index (χ1v) is 7.76.